The number of carbonyl (C=O) groups excluding carboxylic acids is 1. The Morgan fingerprint density at radius 3 is 2.57 bits per heavy atom. The van der Waals surface area contributed by atoms with Crippen LogP contribution >= 0.6 is 15.9 Å². The van der Waals surface area contributed by atoms with Crippen LogP contribution in [0.1, 0.15) is 24.0 Å². The Kier molecular flexibility index (Phi) is 4.44. The Morgan fingerprint density at radius 1 is 1.17 bits per heavy atom. The summed E-state index contributed by atoms with van der Waals surface area (Å²) in [5, 5.41) is 3.11. The number of hydrogen-bond donors (Lipinski definition) is 1. The first kappa shape index (κ1) is 16.1. The van der Waals surface area contributed by atoms with E-state index in [1.165, 1.54) is 0 Å². The fourth-order valence-corrected chi connectivity index (χ4v) is 3.25. The van der Waals surface area contributed by atoms with E-state index >= 15 is 0 Å². The summed E-state index contributed by atoms with van der Waals surface area (Å²) in [7, 11) is 4.04. The average molecular weight is 373 g/mol. The molecule has 0 aromatic heterocycles. The molecule has 4 heteroatoms. The molecule has 23 heavy (non-hydrogen) atoms. The molecule has 0 aliphatic heterocycles. The predicted molar refractivity (Wildman–Crippen MR) is 97.7 cm³/mol. The van der Waals surface area contributed by atoms with Gasteiger partial charge in [-0.05, 0) is 48.2 Å². The van der Waals surface area contributed by atoms with Gasteiger partial charge in [-0.15, -0.1) is 0 Å². The summed E-state index contributed by atoms with van der Waals surface area (Å²) in [6, 6.07) is 16.3. The van der Waals surface area contributed by atoms with E-state index in [1.807, 2.05) is 44.4 Å². The molecule has 1 fully saturated rings. The Bertz CT molecular complexity index is 723. The molecule has 0 atom stereocenters. The summed E-state index contributed by atoms with van der Waals surface area (Å²) < 4.78 is 1.02. The third-order valence-electron chi connectivity index (χ3n) is 4.44. The SMILES string of the molecule is CN(C)c1cccc(CNC(=O)C2(c3cccc(Br)c3)CC2)c1. The first-order valence-corrected chi connectivity index (χ1v) is 8.61. The minimum atomic E-state index is -0.330. The number of hydrogen-bond acceptors (Lipinski definition) is 2. The average Bonchev–Trinajstić information content (AvgIpc) is 3.35. The van der Waals surface area contributed by atoms with Crippen molar-refractivity contribution in [2.24, 2.45) is 0 Å². The van der Waals surface area contributed by atoms with Gasteiger partial charge in [0.15, 0.2) is 0 Å². The highest BCUT2D eigenvalue weighted by molar-refractivity contribution is 9.10. The van der Waals surface area contributed by atoms with Gasteiger partial charge < -0.3 is 10.2 Å². The maximum absolute atomic E-state index is 12.7. The van der Waals surface area contributed by atoms with Crippen LogP contribution in [0.2, 0.25) is 0 Å². The molecule has 0 saturated heterocycles. The number of benzene rings is 2. The van der Waals surface area contributed by atoms with Crippen molar-refractivity contribution in [1.29, 1.82) is 0 Å². The summed E-state index contributed by atoms with van der Waals surface area (Å²) in [4.78, 5) is 14.8. The van der Waals surface area contributed by atoms with Gasteiger partial charge in [0.2, 0.25) is 5.91 Å². The van der Waals surface area contributed by atoms with Crippen LogP contribution in [-0.2, 0) is 16.8 Å². The van der Waals surface area contributed by atoms with Gasteiger partial charge in [-0.1, -0.05) is 40.2 Å². The number of rotatable bonds is 5. The summed E-state index contributed by atoms with van der Waals surface area (Å²) in [6.45, 7) is 0.566. The maximum atomic E-state index is 12.7. The van der Waals surface area contributed by atoms with E-state index in [-0.39, 0.29) is 11.3 Å². The zero-order valence-electron chi connectivity index (χ0n) is 13.5. The third-order valence-corrected chi connectivity index (χ3v) is 4.94. The van der Waals surface area contributed by atoms with Gasteiger partial charge in [0, 0.05) is 30.8 Å². The number of halogens is 1. The van der Waals surface area contributed by atoms with Gasteiger partial charge in [0.1, 0.15) is 0 Å². The van der Waals surface area contributed by atoms with Gasteiger partial charge in [-0.2, -0.15) is 0 Å². The van der Waals surface area contributed by atoms with Crippen molar-refractivity contribution >= 4 is 27.5 Å². The molecule has 0 unspecified atom stereocenters. The van der Waals surface area contributed by atoms with E-state index in [4.69, 9.17) is 0 Å². The van der Waals surface area contributed by atoms with E-state index < -0.39 is 0 Å². The maximum Gasteiger partial charge on any atom is 0.230 e. The normalized spacial score (nSPS) is 15.1. The van der Waals surface area contributed by atoms with Crippen LogP contribution in [0.5, 0.6) is 0 Å². The number of anilines is 1. The fraction of sp³-hybridized carbons (Fsp3) is 0.316. The van der Waals surface area contributed by atoms with Crippen molar-refractivity contribution in [3.63, 3.8) is 0 Å². The molecule has 0 radical (unpaired) electrons. The third kappa shape index (κ3) is 3.42. The number of carbonyl (C=O) groups is 1. The lowest BCUT2D eigenvalue weighted by Gasteiger charge is -2.17. The first-order chi connectivity index (χ1) is 11.0. The topological polar surface area (TPSA) is 32.3 Å². The van der Waals surface area contributed by atoms with Crippen LogP contribution in [0, 0.1) is 0 Å². The number of nitrogens with one attached hydrogen (secondary N) is 1. The van der Waals surface area contributed by atoms with Gasteiger partial charge in [0.05, 0.1) is 5.41 Å². The summed E-state index contributed by atoms with van der Waals surface area (Å²) in [5.74, 6) is 0.130. The van der Waals surface area contributed by atoms with E-state index in [9.17, 15) is 4.79 Å². The first-order valence-electron chi connectivity index (χ1n) is 7.82. The zero-order valence-corrected chi connectivity index (χ0v) is 15.1. The number of amides is 1. The van der Waals surface area contributed by atoms with Crippen molar-refractivity contribution in [1.82, 2.24) is 5.32 Å². The fourth-order valence-electron chi connectivity index (χ4n) is 2.85. The summed E-state index contributed by atoms with van der Waals surface area (Å²) >= 11 is 3.49. The molecular formula is C19H21BrN2O. The minimum absolute atomic E-state index is 0.130. The predicted octanol–water partition coefficient (Wildman–Crippen LogP) is 3.86. The molecule has 0 bridgehead atoms. The van der Waals surface area contributed by atoms with E-state index in [1.54, 1.807) is 0 Å². The monoisotopic (exact) mass is 372 g/mol. The van der Waals surface area contributed by atoms with Crippen LogP contribution in [-0.4, -0.2) is 20.0 Å². The molecule has 2 aromatic rings. The van der Waals surface area contributed by atoms with Crippen LogP contribution in [0.15, 0.2) is 53.0 Å². The minimum Gasteiger partial charge on any atom is -0.378 e. The zero-order chi connectivity index (χ0) is 16.4. The van der Waals surface area contributed by atoms with E-state index in [2.05, 4.69) is 44.3 Å². The highest BCUT2D eigenvalue weighted by atomic mass is 79.9. The Labute approximate surface area is 145 Å². The lowest BCUT2D eigenvalue weighted by molar-refractivity contribution is -0.123. The molecule has 2 aromatic carbocycles. The van der Waals surface area contributed by atoms with Crippen molar-refractivity contribution in [2.45, 2.75) is 24.8 Å². The molecule has 1 amide bonds. The molecule has 1 N–H and O–H groups in total. The second kappa shape index (κ2) is 6.36. The van der Waals surface area contributed by atoms with Gasteiger partial charge in [-0.25, -0.2) is 0 Å². The lowest BCUT2D eigenvalue weighted by Crippen LogP contribution is -2.34. The smallest absolute Gasteiger partial charge is 0.230 e. The van der Waals surface area contributed by atoms with E-state index in [0.29, 0.717) is 6.54 Å². The molecule has 3 nitrogen and oxygen atoms in total. The Morgan fingerprint density at radius 2 is 1.91 bits per heavy atom. The Balaban J connectivity index is 1.69. The van der Waals surface area contributed by atoms with Gasteiger partial charge in [-0.3, -0.25) is 4.79 Å². The van der Waals surface area contributed by atoms with Gasteiger partial charge in [0.25, 0.3) is 0 Å². The molecule has 1 aliphatic carbocycles. The highest BCUT2D eigenvalue weighted by Crippen LogP contribution is 2.48. The molecule has 1 saturated carbocycles. The van der Waals surface area contributed by atoms with Crippen molar-refractivity contribution < 1.29 is 4.79 Å². The van der Waals surface area contributed by atoms with Crippen LogP contribution in [0.4, 0.5) is 5.69 Å². The Hall–Kier alpha value is -1.81. The summed E-state index contributed by atoms with van der Waals surface area (Å²) in [5.41, 5.74) is 3.04. The van der Waals surface area contributed by atoms with Crippen molar-refractivity contribution in [3.05, 3.63) is 64.1 Å². The van der Waals surface area contributed by atoms with Crippen molar-refractivity contribution in [2.75, 3.05) is 19.0 Å². The number of nitrogens with zero attached hydrogens (tertiary/aromatic N) is 1. The molecular weight excluding hydrogens is 352 g/mol. The second-order valence-corrected chi connectivity index (χ2v) is 7.26. The van der Waals surface area contributed by atoms with Gasteiger partial charge >= 0.3 is 0 Å². The van der Waals surface area contributed by atoms with Crippen molar-refractivity contribution in [3.8, 4) is 0 Å². The molecule has 0 heterocycles. The molecule has 3 rings (SSSR count). The molecule has 120 valence electrons. The van der Waals surface area contributed by atoms with Crippen LogP contribution in [0.3, 0.4) is 0 Å². The quantitative estimate of drug-likeness (QED) is 0.863. The van der Waals surface area contributed by atoms with Crippen LogP contribution < -0.4 is 10.2 Å². The van der Waals surface area contributed by atoms with Crippen LogP contribution in [0.25, 0.3) is 0 Å². The highest BCUT2D eigenvalue weighted by Gasteiger charge is 2.51. The lowest BCUT2D eigenvalue weighted by atomic mass is 9.95. The van der Waals surface area contributed by atoms with E-state index in [0.717, 1.165) is 34.1 Å². The largest absolute Gasteiger partial charge is 0.378 e. The standard InChI is InChI=1S/C19H21BrN2O/c1-22(2)17-8-3-5-14(11-17)13-21-18(23)19(9-10-19)15-6-4-7-16(20)12-15/h3-8,11-12H,9-10,13H2,1-2H3,(H,21,23). The summed E-state index contributed by atoms with van der Waals surface area (Å²) in [6.07, 6.45) is 1.85. The molecule has 1 aliphatic rings. The second-order valence-electron chi connectivity index (χ2n) is 6.34. The molecule has 0 spiro atoms.